The number of anilines is 1. The zero-order chi connectivity index (χ0) is 14.0. The summed E-state index contributed by atoms with van der Waals surface area (Å²) in [4.78, 5) is 11.5. The number of methoxy groups -OCH3 is 1. The molecule has 19 heavy (non-hydrogen) atoms. The number of benzene rings is 1. The molecule has 2 aromatic rings. The molecule has 0 amide bonds. The van der Waals surface area contributed by atoms with Crippen LogP contribution in [-0.2, 0) is 0 Å². The summed E-state index contributed by atoms with van der Waals surface area (Å²) in [6.07, 6.45) is 0. The lowest BCUT2D eigenvalue weighted by atomic mass is 10.2. The van der Waals surface area contributed by atoms with Crippen molar-refractivity contribution in [2.24, 2.45) is 0 Å². The van der Waals surface area contributed by atoms with Crippen LogP contribution in [0.5, 0.6) is 6.01 Å². The lowest BCUT2D eigenvalue weighted by Gasteiger charge is -2.07. The van der Waals surface area contributed by atoms with Crippen LogP contribution in [0.15, 0.2) is 12.1 Å². The third kappa shape index (κ3) is 2.42. The van der Waals surface area contributed by atoms with E-state index >= 15 is 0 Å². The summed E-state index contributed by atoms with van der Waals surface area (Å²) in [6.45, 7) is 0. The molecule has 100 valence electrons. The Bertz CT molecular complexity index is 599. The van der Waals surface area contributed by atoms with Gasteiger partial charge in [0.2, 0.25) is 5.95 Å². The first-order valence-corrected chi connectivity index (χ1v) is 5.18. The minimum absolute atomic E-state index is 0.0708. The van der Waals surface area contributed by atoms with Gasteiger partial charge in [0.15, 0.2) is 23.3 Å². The van der Waals surface area contributed by atoms with Gasteiger partial charge in [-0.15, -0.1) is 0 Å². The smallest absolute Gasteiger partial charge is 0.321 e. The van der Waals surface area contributed by atoms with Gasteiger partial charge in [-0.05, 0) is 12.1 Å². The Morgan fingerprint density at radius 3 is 2.42 bits per heavy atom. The van der Waals surface area contributed by atoms with Crippen LogP contribution in [0.1, 0.15) is 0 Å². The molecule has 0 atom stereocenters. The Morgan fingerprint density at radius 1 is 1.05 bits per heavy atom. The maximum Gasteiger partial charge on any atom is 0.321 e. The van der Waals surface area contributed by atoms with Crippen LogP contribution in [0.25, 0.3) is 11.4 Å². The van der Waals surface area contributed by atoms with E-state index in [-0.39, 0.29) is 23.3 Å². The minimum atomic E-state index is -1.58. The lowest BCUT2D eigenvalue weighted by Crippen LogP contribution is -2.05. The molecule has 0 fully saturated rings. The van der Waals surface area contributed by atoms with Crippen molar-refractivity contribution in [3.05, 3.63) is 29.6 Å². The largest absolute Gasteiger partial charge is 0.467 e. The van der Waals surface area contributed by atoms with Gasteiger partial charge in [-0.2, -0.15) is 15.0 Å². The van der Waals surface area contributed by atoms with Gasteiger partial charge in [-0.1, -0.05) is 0 Å². The third-order valence-electron chi connectivity index (χ3n) is 2.30. The molecule has 8 heteroatoms. The molecule has 1 heterocycles. The van der Waals surface area contributed by atoms with E-state index in [1.54, 1.807) is 7.05 Å². The van der Waals surface area contributed by atoms with Crippen LogP contribution in [0.4, 0.5) is 19.1 Å². The summed E-state index contributed by atoms with van der Waals surface area (Å²) >= 11 is 0. The van der Waals surface area contributed by atoms with Crippen LogP contribution < -0.4 is 10.1 Å². The predicted octanol–water partition coefficient (Wildman–Crippen LogP) is 2.01. The van der Waals surface area contributed by atoms with Crippen molar-refractivity contribution in [3.8, 4) is 17.4 Å². The van der Waals surface area contributed by atoms with Crippen LogP contribution >= 0.6 is 0 Å². The summed E-state index contributed by atoms with van der Waals surface area (Å²) in [5.41, 5.74) is -0.281. The lowest BCUT2D eigenvalue weighted by molar-refractivity contribution is 0.379. The predicted molar refractivity (Wildman–Crippen MR) is 61.2 cm³/mol. The molecule has 5 nitrogen and oxygen atoms in total. The second-order valence-electron chi connectivity index (χ2n) is 3.44. The van der Waals surface area contributed by atoms with Gasteiger partial charge in [-0.25, -0.2) is 13.2 Å². The van der Waals surface area contributed by atoms with Crippen molar-refractivity contribution in [1.82, 2.24) is 15.0 Å². The summed E-state index contributed by atoms with van der Waals surface area (Å²) in [7, 11) is 2.86. The molecule has 0 spiro atoms. The normalized spacial score (nSPS) is 10.4. The highest BCUT2D eigenvalue weighted by atomic mass is 19.2. The first-order chi connectivity index (χ1) is 9.06. The van der Waals surface area contributed by atoms with E-state index < -0.39 is 17.5 Å². The Hall–Kier alpha value is -2.38. The Kier molecular flexibility index (Phi) is 3.50. The zero-order valence-electron chi connectivity index (χ0n) is 10.0. The number of rotatable bonds is 3. The number of nitrogens with zero attached hydrogens (tertiary/aromatic N) is 3. The van der Waals surface area contributed by atoms with Crippen molar-refractivity contribution in [1.29, 1.82) is 0 Å². The summed E-state index contributed by atoms with van der Waals surface area (Å²) in [6, 6.07) is 1.77. The monoisotopic (exact) mass is 270 g/mol. The van der Waals surface area contributed by atoms with E-state index in [0.29, 0.717) is 0 Å². The van der Waals surface area contributed by atoms with Gasteiger partial charge in [-0.3, -0.25) is 0 Å². The maximum atomic E-state index is 13.6. The van der Waals surface area contributed by atoms with Crippen LogP contribution in [0.2, 0.25) is 0 Å². The third-order valence-corrected chi connectivity index (χ3v) is 2.30. The first-order valence-electron chi connectivity index (χ1n) is 5.18. The number of ether oxygens (including phenoxy) is 1. The fourth-order valence-corrected chi connectivity index (χ4v) is 1.38. The molecule has 1 N–H and O–H groups in total. The van der Waals surface area contributed by atoms with E-state index in [0.717, 1.165) is 12.1 Å². The maximum absolute atomic E-state index is 13.6. The van der Waals surface area contributed by atoms with Gasteiger partial charge >= 0.3 is 6.01 Å². The fourth-order valence-electron chi connectivity index (χ4n) is 1.38. The number of nitrogens with one attached hydrogen (secondary N) is 1. The number of aromatic nitrogens is 3. The highest BCUT2D eigenvalue weighted by Crippen LogP contribution is 2.24. The highest BCUT2D eigenvalue weighted by molar-refractivity contribution is 5.57. The quantitative estimate of drug-likeness (QED) is 0.864. The summed E-state index contributed by atoms with van der Waals surface area (Å²) < 4.78 is 44.5. The molecule has 0 aliphatic heterocycles. The second kappa shape index (κ2) is 5.09. The van der Waals surface area contributed by atoms with Crippen molar-refractivity contribution in [2.75, 3.05) is 19.5 Å². The van der Waals surface area contributed by atoms with Crippen molar-refractivity contribution in [2.45, 2.75) is 0 Å². The van der Waals surface area contributed by atoms with Crippen molar-refractivity contribution < 1.29 is 17.9 Å². The Balaban J connectivity index is 2.61. The molecular weight excluding hydrogens is 261 g/mol. The number of halogens is 3. The van der Waals surface area contributed by atoms with E-state index in [9.17, 15) is 13.2 Å². The van der Waals surface area contributed by atoms with Gasteiger partial charge < -0.3 is 10.1 Å². The molecule has 0 radical (unpaired) electrons. The zero-order valence-corrected chi connectivity index (χ0v) is 10.0. The SMILES string of the molecule is CNc1nc(OC)nc(-c2ccc(F)c(F)c2F)n1. The van der Waals surface area contributed by atoms with Crippen molar-refractivity contribution in [3.63, 3.8) is 0 Å². The minimum Gasteiger partial charge on any atom is -0.467 e. The summed E-state index contributed by atoms with van der Waals surface area (Å²) in [5.74, 6) is -4.27. The number of hydrogen-bond donors (Lipinski definition) is 1. The molecule has 2 rings (SSSR count). The Morgan fingerprint density at radius 2 is 1.79 bits per heavy atom. The molecule has 0 saturated carbocycles. The van der Waals surface area contributed by atoms with E-state index in [2.05, 4.69) is 20.3 Å². The second-order valence-corrected chi connectivity index (χ2v) is 3.44. The van der Waals surface area contributed by atoms with Gasteiger partial charge in [0, 0.05) is 7.05 Å². The van der Waals surface area contributed by atoms with Gasteiger partial charge in [0.25, 0.3) is 0 Å². The standard InChI is InChI=1S/C11H9F3N4O/c1-15-10-16-9(17-11(18-10)19-2)5-3-4-6(12)8(14)7(5)13/h3-4H,1-2H3,(H,15,16,17,18). The molecule has 1 aromatic heterocycles. The molecular formula is C11H9F3N4O. The molecule has 0 aliphatic rings. The highest BCUT2D eigenvalue weighted by Gasteiger charge is 2.18. The summed E-state index contributed by atoms with van der Waals surface area (Å²) in [5, 5.41) is 2.62. The van der Waals surface area contributed by atoms with Crippen molar-refractivity contribution >= 4 is 5.95 Å². The van der Waals surface area contributed by atoms with E-state index in [1.165, 1.54) is 7.11 Å². The van der Waals surface area contributed by atoms with E-state index in [4.69, 9.17) is 4.74 Å². The molecule has 0 saturated heterocycles. The van der Waals surface area contributed by atoms with Crippen LogP contribution in [-0.4, -0.2) is 29.1 Å². The first kappa shape index (κ1) is 13.1. The average Bonchev–Trinajstić information content (AvgIpc) is 2.44. The molecule has 0 bridgehead atoms. The molecule has 1 aromatic carbocycles. The number of hydrogen-bond acceptors (Lipinski definition) is 5. The molecule has 0 unspecified atom stereocenters. The topological polar surface area (TPSA) is 59.9 Å². The fraction of sp³-hybridized carbons (Fsp3) is 0.182. The molecule has 0 aliphatic carbocycles. The van der Waals surface area contributed by atoms with E-state index in [1.807, 2.05) is 0 Å². The average molecular weight is 270 g/mol. The Labute approximate surface area is 106 Å². The van der Waals surface area contributed by atoms with Gasteiger partial charge in [0.05, 0.1) is 12.7 Å². The van der Waals surface area contributed by atoms with Crippen LogP contribution in [0, 0.1) is 17.5 Å². The van der Waals surface area contributed by atoms with Gasteiger partial charge in [0.1, 0.15) is 0 Å². The van der Waals surface area contributed by atoms with Crippen LogP contribution in [0.3, 0.4) is 0 Å².